The van der Waals surface area contributed by atoms with Crippen LogP contribution in [-0.4, -0.2) is 27.3 Å². The minimum atomic E-state index is -0.418. The first-order valence-corrected chi connectivity index (χ1v) is 11.1. The molecular formula is C28H26O7. The van der Waals surface area contributed by atoms with Gasteiger partial charge in [-0.1, -0.05) is 30.3 Å². The molecule has 35 heavy (non-hydrogen) atoms. The number of fused-ring (bicyclic) bond motifs is 1. The highest BCUT2D eigenvalue weighted by atomic mass is 16.5. The minimum absolute atomic E-state index is 0.129. The van der Waals surface area contributed by atoms with Gasteiger partial charge in [0.05, 0.1) is 32.3 Å². The average molecular weight is 475 g/mol. The standard InChI is InChI=1S/C28H26O7/c1-17-26(19-8-6-5-7-9-19)27(30)21-12-11-20(16-22(21)34-17)35-25(29)13-10-18-14-23(31-2)28(33-4)24(15-18)32-3/h5-9,11-12,14-16H,10,13H2,1-4H3. The van der Waals surface area contributed by atoms with Crippen molar-refractivity contribution in [3.05, 3.63) is 82.2 Å². The van der Waals surface area contributed by atoms with Crippen molar-refractivity contribution in [1.29, 1.82) is 0 Å². The molecule has 0 aliphatic rings. The second kappa shape index (κ2) is 10.3. The third kappa shape index (κ3) is 4.99. The van der Waals surface area contributed by atoms with Gasteiger partial charge >= 0.3 is 5.97 Å². The quantitative estimate of drug-likeness (QED) is 0.252. The molecule has 0 aliphatic heterocycles. The van der Waals surface area contributed by atoms with E-state index in [2.05, 4.69) is 0 Å². The summed E-state index contributed by atoms with van der Waals surface area (Å²) in [6.45, 7) is 1.75. The lowest BCUT2D eigenvalue weighted by atomic mass is 10.0. The van der Waals surface area contributed by atoms with Crippen LogP contribution < -0.4 is 24.4 Å². The van der Waals surface area contributed by atoms with Gasteiger partial charge < -0.3 is 23.4 Å². The molecular weight excluding hydrogens is 448 g/mol. The predicted molar refractivity (Wildman–Crippen MR) is 133 cm³/mol. The third-order valence-corrected chi connectivity index (χ3v) is 5.68. The van der Waals surface area contributed by atoms with Crippen molar-refractivity contribution in [2.45, 2.75) is 19.8 Å². The number of hydrogen-bond acceptors (Lipinski definition) is 7. The molecule has 0 bridgehead atoms. The van der Waals surface area contributed by atoms with Crippen LogP contribution in [0.3, 0.4) is 0 Å². The summed E-state index contributed by atoms with van der Waals surface area (Å²) >= 11 is 0. The Kier molecular flexibility index (Phi) is 7.06. The van der Waals surface area contributed by atoms with Crippen molar-refractivity contribution in [3.63, 3.8) is 0 Å². The van der Waals surface area contributed by atoms with E-state index in [1.807, 2.05) is 30.3 Å². The number of aryl methyl sites for hydroxylation is 2. The second-order valence-electron chi connectivity index (χ2n) is 7.89. The van der Waals surface area contributed by atoms with E-state index in [1.165, 1.54) is 21.3 Å². The molecule has 0 radical (unpaired) electrons. The van der Waals surface area contributed by atoms with Crippen molar-refractivity contribution in [2.75, 3.05) is 21.3 Å². The first-order chi connectivity index (χ1) is 16.9. The largest absolute Gasteiger partial charge is 0.493 e. The Morgan fingerprint density at radius 2 is 1.57 bits per heavy atom. The molecule has 0 amide bonds. The van der Waals surface area contributed by atoms with E-state index in [0.717, 1.165) is 11.1 Å². The fraction of sp³-hybridized carbons (Fsp3) is 0.214. The van der Waals surface area contributed by atoms with Crippen molar-refractivity contribution < 1.29 is 28.2 Å². The zero-order valence-corrected chi connectivity index (χ0v) is 20.0. The summed E-state index contributed by atoms with van der Waals surface area (Å²) in [5.41, 5.74) is 2.39. The SMILES string of the molecule is COc1cc(CCC(=O)Oc2ccc3c(=O)c(-c4ccccc4)c(C)oc3c2)cc(OC)c1OC. The van der Waals surface area contributed by atoms with Gasteiger partial charge in [-0.25, -0.2) is 0 Å². The number of carbonyl (C=O) groups is 1. The van der Waals surface area contributed by atoms with Gasteiger partial charge in [0, 0.05) is 12.5 Å². The van der Waals surface area contributed by atoms with E-state index in [1.54, 1.807) is 37.3 Å². The van der Waals surface area contributed by atoms with E-state index in [-0.39, 0.29) is 11.8 Å². The van der Waals surface area contributed by atoms with Gasteiger partial charge in [0.2, 0.25) is 11.2 Å². The fourth-order valence-electron chi connectivity index (χ4n) is 4.00. The van der Waals surface area contributed by atoms with Crippen LogP contribution in [0.15, 0.2) is 69.9 Å². The molecule has 0 fully saturated rings. The Morgan fingerprint density at radius 1 is 0.886 bits per heavy atom. The van der Waals surface area contributed by atoms with Crippen LogP contribution in [0, 0.1) is 6.92 Å². The van der Waals surface area contributed by atoms with Gasteiger partial charge in [-0.2, -0.15) is 0 Å². The van der Waals surface area contributed by atoms with E-state index < -0.39 is 5.97 Å². The lowest BCUT2D eigenvalue weighted by molar-refractivity contribution is -0.134. The summed E-state index contributed by atoms with van der Waals surface area (Å²) in [4.78, 5) is 25.6. The van der Waals surface area contributed by atoms with Gasteiger partial charge in [0.25, 0.3) is 0 Å². The Hall–Kier alpha value is -4.26. The van der Waals surface area contributed by atoms with Crippen LogP contribution >= 0.6 is 0 Å². The van der Waals surface area contributed by atoms with Gasteiger partial charge in [-0.15, -0.1) is 0 Å². The molecule has 0 aliphatic carbocycles. The number of hydrogen-bond donors (Lipinski definition) is 0. The topological polar surface area (TPSA) is 84.2 Å². The molecule has 7 heteroatoms. The lowest BCUT2D eigenvalue weighted by Crippen LogP contribution is -2.10. The maximum Gasteiger partial charge on any atom is 0.311 e. The van der Waals surface area contributed by atoms with Crippen molar-refractivity contribution in [3.8, 4) is 34.1 Å². The molecule has 0 saturated heterocycles. The van der Waals surface area contributed by atoms with Crippen LogP contribution in [0.25, 0.3) is 22.1 Å². The van der Waals surface area contributed by atoms with E-state index >= 15 is 0 Å². The van der Waals surface area contributed by atoms with Crippen molar-refractivity contribution in [2.24, 2.45) is 0 Å². The molecule has 1 heterocycles. The number of rotatable bonds is 8. The van der Waals surface area contributed by atoms with Gasteiger partial charge in [0.15, 0.2) is 11.5 Å². The molecule has 0 saturated carbocycles. The summed E-state index contributed by atoms with van der Waals surface area (Å²) < 4.78 is 27.5. The Bertz CT molecular complexity index is 1400. The molecule has 3 aromatic carbocycles. The zero-order chi connectivity index (χ0) is 24.9. The Labute approximate surface area is 202 Å². The van der Waals surface area contributed by atoms with Crippen LogP contribution in [0.2, 0.25) is 0 Å². The summed E-state index contributed by atoms with van der Waals surface area (Å²) in [6, 6.07) is 17.8. The molecule has 4 rings (SSSR count). The monoisotopic (exact) mass is 474 g/mol. The lowest BCUT2D eigenvalue weighted by Gasteiger charge is -2.14. The number of methoxy groups -OCH3 is 3. The van der Waals surface area contributed by atoms with Crippen LogP contribution in [0.4, 0.5) is 0 Å². The van der Waals surface area contributed by atoms with Gasteiger partial charge in [-0.05, 0) is 48.7 Å². The normalized spacial score (nSPS) is 10.7. The third-order valence-electron chi connectivity index (χ3n) is 5.68. The van der Waals surface area contributed by atoms with Crippen LogP contribution in [0.1, 0.15) is 17.7 Å². The van der Waals surface area contributed by atoms with Crippen molar-refractivity contribution >= 4 is 16.9 Å². The van der Waals surface area contributed by atoms with Crippen LogP contribution in [-0.2, 0) is 11.2 Å². The minimum Gasteiger partial charge on any atom is -0.493 e. The summed E-state index contributed by atoms with van der Waals surface area (Å²) in [5, 5.41) is 0.423. The molecule has 4 aromatic rings. The number of benzene rings is 3. The second-order valence-corrected chi connectivity index (χ2v) is 7.89. The molecule has 0 N–H and O–H groups in total. The fourth-order valence-corrected chi connectivity index (χ4v) is 4.00. The zero-order valence-electron chi connectivity index (χ0n) is 20.0. The maximum atomic E-state index is 13.1. The first-order valence-electron chi connectivity index (χ1n) is 11.1. The molecule has 0 unspecified atom stereocenters. The number of carbonyl (C=O) groups excluding carboxylic acids is 1. The Morgan fingerprint density at radius 3 is 2.20 bits per heavy atom. The number of ether oxygens (including phenoxy) is 4. The highest BCUT2D eigenvalue weighted by Gasteiger charge is 2.16. The van der Waals surface area contributed by atoms with E-state index in [0.29, 0.717) is 51.7 Å². The predicted octanol–water partition coefficient (Wildman–Crippen LogP) is 5.33. The van der Waals surface area contributed by atoms with Crippen LogP contribution in [0.5, 0.6) is 23.0 Å². The maximum absolute atomic E-state index is 13.1. The molecule has 7 nitrogen and oxygen atoms in total. The smallest absolute Gasteiger partial charge is 0.311 e. The molecule has 0 atom stereocenters. The van der Waals surface area contributed by atoms with Crippen molar-refractivity contribution in [1.82, 2.24) is 0 Å². The Balaban J connectivity index is 1.51. The highest BCUT2D eigenvalue weighted by molar-refractivity contribution is 5.84. The van der Waals surface area contributed by atoms with Gasteiger partial charge in [-0.3, -0.25) is 9.59 Å². The summed E-state index contributed by atoms with van der Waals surface area (Å²) in [5.74, 6) is 1.92. The molecule has 0 spiro atoms. The highest BCUT2D eigenvalue weighted by Crippen LogP contribution is 2.38. The van der Waals surface area contributed by atoms with E-state index in [9.17, 15) is 9.59 Å². The average Bonchev–Trinajstić information content (AvgIpc) is 2.87. The summed E-state index contributed by atoms with van der Waals surface area (Å²) in [7, 11) is 4.61. The number of esters is 1. The molecule has 1 aromatic heterocycles. The van der Waals surface area contributed by atoms with E-state index in [4.69, 9.17) is 23.4 Å². The first kappa shape index (κ1) is 23.9. The van der Waals surface area contributed by atoms with Gasteiger partial charge in [0.1, 0.15) is 17.1 Å². The summed E-state index contributed by atoms with van der Waals surface area (Å²) in [6.07, 6.45) is 0.546. The molecule has 180 valence electrons.